The average molecular weight is 326 g/mol. The molecule has 1 unspecified atom stereocenters. The van der Waals surface area contributed by atoms with Crippen LogP contribution in [-0.4, -0.2) is 5.33 Å². The summed E-state index contributed by atoms with van der Waals surface area (Å²) >= 11 is 9.34. The van der Waals surface area contributed by atoms with E-state index in [0.717, 1.165) is 15.9 Å². The minimum absolute atomic E-state index is 0.0712. The van der Waals surface area contributed by atoms with Crippen molar-refractivity contribution in [1.82, 2.24) is 0 Å². The fourth-order valence-electron chi connectivity index (χ4n) is 1.67. The molecule has 2 rings (SSSR count). The van der Waals surface area contributed by atoms with E-state index in [2.05, 4.69) is 28.1 Å². The highest BCUT2D eigenvalue weighted by atomic mass is 79.9. The lowest BCUT2D eigenvalue weighted by molar-refractivity contribution is 0.0566. The summed E-state index contributed by atoms with van der Waals surface area (Å²) in [4.78, 5) is 0. The van der Waals surface area contributed by atoms with Crippen molar-refractivity contribution >= 4 is 27.5 Å². The van der Waals surface area contributed by atoms with E-state index < -0.39 is 0 Å². The first kappa shape index (κ1) is 13.6. The van der Waals surface area contributed by atoms with Crippen LogP contribution in [-0.2, 0) is 11.3 Å². The van der Waals surface area contributed by atoms with Gasteiger partial charge in [-0.2, -0.15) is 0 Å². The quantitative estimate of drug-likeness (QED) is 0.703. The molecular weight excluding hydrogens is 312 g/mol. The Labute approximate surface area is 121 Å². The maximum Gasteiger partial charge on any atom is 0.0926 e. The van der Waals surface area contributed by atoms with E-state index in [1.165, 1.54) is 5.56 Å². The van der Waals surface area contributed by atoms with Crippen LogP contribution >= 0.6 is 27.5 Å². The highest BCUT2D eigenvalue weighted by Crippen LogP contribution is 2.21. The molecule has 0 aliphatic heterocycles. The molecule has 1 atom stereocenters. The summed E-state index contributed by atoms with van der Waals surface area (Å²) in [6, 6.07) is 17.9. The third-order valence-corrected chi connectivity index (χ3v) is 3.52. The number of hydrogen-bond acceptors (Lipinski definition) is 1. The third-order valence-electron chi connectivity index (χ3n) is 2.68. The Bertz CT molecular complexity index is 470. The van der Waals surface area contributed by atoms with Gasteiger partial charge < -0.3 is 4.74 Å². The van der Waals surface area contributed by atoms with E-state index in [1.807, 2.05) is 42.5 Å². The van der Waals surface area contributed by atoms with Crippen molar-refractivity contribution in [3.05, 3.63) is 70.7 Å². The standard InChI is InChI=1S/C15H14BrClO/c16-10-15(13-4-2-1-3-5-13)18-11-12-6-8-14(17)9-7-12/h1-9,15H,10-11H2. The number of ether oxygens (including phenoxy) is 1. The van der Waals surface area contributed by atoms with Gasteiger partial charge >= 0.3 is 0 Å². The topological polar surface area (TPSA) is 9.23 Å². The molecule has 0 fully saturated rings. The first-order valence-electron chi connectivity index (χ1n) is 5.76. The summed E-state index contributed by atoms with van der Waals surface area (Å²) in [5.41, 5.74) is 2.31. The van der Waals surface area contributed by atoms with Crippen LogP contribution < -0.4 is 0 Å². The molecule has 0 saturated heterocycles. The maximum absolute atomic E-state index is 5.91. The van der Waals surface area contributed by atoms with E-state index in [1.54, 1.807) is 0 Å². The number of hydrogen-bond donors (Lipinski definition) is 0. The summed E-state index contributed by atoms with van der Waals surface area (Å²) in [7, 11) is 0. The van der Waals surface area contributed by atoms with Crippen LogP contribution in [0.5, 0.6) is 0 Å². The molecule has 3 heteroatoms. The third kappa shape index (κ3) is 3.84. The van der Waals surface area contributed by atoms with E-state index in [9.17, 15) is 0 Å². The van der Waals surface area contributed by atoms with Crippen molar-refractivity contribution in [2.24, 2.45) is 0 Å². The molecule has 0 aromatic heterocycles. The van der Waals surface area contributed by atoms with Gasteiger partial charge in [-0.1, -0.05) is 70.0 Å². The zero-order valence-electron chi connectivity index (χ0n) is 9.85. The summed E-state index contributed by atoms with van der Waals surface area (Å²) in [6.07, 6.45) is 0.0712. The zero-order chi connectivity index (χ0) is 12.8. The SMILES string of the molecule is Clc1ccc(COC(CBr)c2ccccc2)cc1. The van der Waals surface area contributed by atoms with Crippen molar-refractivity contribution < 1.29 is 4.74 Å². The van der Waals surface area contributed by atoms with Gasteiger partial charge in [0.2, 0.25) is 0 Å². The predicted molar refractivity (Wildman–Crippen MR) is 79.2 cm³/mol. The van der Waals surface area contributed by atoms with Gasteiger partial charge in [-0.3, -0.25) is 0 Å². The Morgan fingerprint density at radius 1 is 1.00 bits per heavy atom. The lowest BCUT2D eigenvalue weighted by Gasteiger charge is -2.15. The van der Waals surface area contributed by atoms with Gasteiger partial charge in [0.15, 0.2) is 0 Å². The van der Waals surface area contributed by atoms with Gasteiger partial charge in [-0.25, -0.2) is 0 Å². The molecule has 94 valence electrons. The van der Waals surface area contributed by atoms with Crippen LogP contribution in [0.25, 0.3) is 0 Å². The van der Waals surface area contributed by atoms with Crippen molar-refractivity contribution in [3.63, 3.8) is 0 Å². The average Bonchev–Trinajstić information content (AvgIpc) is 2.43. The Kier molecular flexibility index (Phi) is 5.24. The van der Waals surface area contributed by atoms with E-state index in [-0.39, 0.29) is 6.10 Å². The lowest BCUT2D eigenvalue weighted by Crippen LogP contribution is -2.05. The largest absolute Gasteiger partial charge is 0.368 e. The second-order valence-corrected chi connectivity index (χ2v) is 5.08. The summed E-state index contributed by atoms with van der Waals surface area (Å²) < 4.78 is 5.91. The van der Waals surface area contributed by atoms with Crippen LogP contribution in [0.1, 0.15) is 17.2 Å². The van der Waals surface area contributed by atoms with Crippen LogP contribution in [0.3, 0.4) is 0 Å². The summed E-state index contributed by atoms with van der Waals surface area (Å²) in [6.45, 7) is 0.586. The van der Waals surface area contributed by atoms with Gasteiger partial charge in [-0.15, -0.1) is 0 Å². The highest BCUT2D eigenvalue weighted by molar-refractivity contribution is 9.09. The predicted octanol–water partition coefficient (Wildman–Crippen LogP) is 4.99. The van der Waals surface area contributed by atoms with Crippen molar-refractivity contribution in [2.45, 2.75) is 12.7 Å². The van der Waals surface area contributed by atoms with Crippen molar-refractivity contribution in [2.75, 3.05) is 5.33 Å². The minimum Gasteiger partial charge on any atom is -0.368 e. The van der Waals surface area contributed by atoms with Crippen LogP contribution in [0.2, 0.25) is 5.02 Å². The molecule has 1 nitrogen and oxygen atoms in total. The van der Waals surface area contributed by atoms with Crippen LogP contribution in [0.15, 0.2) is 54.6 Å². The fourth-order valence-corrected chi connectivity index (χ4v) is 2.36. The van der Waals surface area contributed by atoms with Crippen LogP contribution in [0.4, 0.5) is 0 Å². The Morgan fingerprint density at radius 3 is 2.28 bits per heavy atom. The molecule has 0 amide bonds. The second kappa shape index (κ2) is 6.93. The summed E-state index contributed by atoms with van der Waals surface area (Å²) in [5, 5.41) is 1.53. The molecule has 0 aliphatic carbocycles. The van der Waals surface area contributed by atoms with E-state index >= 15 is 0 Å². The van der Waals surface area contributed by atoms with Gasteiger partial charge in [0.1, 0.15) is 0 Å². The molecular formula is C15H14BrClO. The van der Waals surface area contributed by atoms with Crippen LogP contribution in [0, 0.1) is 0 Å². The fraction of sp³-hybridized carbons (Fsp3) is 0.200. The Hall–Kier alpha value is -0.830. The number of benzene rings is 2. The highest BCUT2D eigenvalue weighted by Gasteiger charge is 2.09. The number of alkyl halides is 1. The molecule has 0 aliphatic rings. The van der Waals surface area contributed by atoms with Crippen molar-refractivity contribution in [3.8, 4) is 0 Å². The normalized spacial score (nSPS) is 12.3. The van der Waals surface area contributed by atoms with Gasteiger partial charge in [0.25, 0.3) is 0 Å². The molecule has 0 N–H and O–H groups in total. The molecule has 2 aromatic rings. The molecule has 0 spiro atoms. The van der Waals surface area contributed by atoms with E-state index in [0.29, 0.717) is 6.61 Å². The monoisotopic (exact) mass is 324 g/mol. The molecule has 0 radical (unpaired) electrons. The molecule has 0 bridgehead atoms. The lowest BCUT2D eigenvalue weighted by atomic mass is 10.1. The number of rotatable bonds is 5. The zero-order valence-corrected chi connectivity index (χ0v) is 12.2. The van der Waals surface area contributed by atoms with E-state index in [4.69, 9.17) is 16.3 Å². The first-order valence-corrected chi connectivity index (χ1v) is 7.26. The second-order valence-electron chi connectivity index (χ2n) is 3.99. The van der Waals surface area contributed by atoms with Crippen molar-refractivity contribution in [1.29, 1.82) is 0 Å². The smallest absolute Gasteiger partial charge is 0.0926 e. The Morgan fingerprint density at radius 2 is 1.67 bits per heavy atom. The Balaban J connectivity index is 1.97. The minimum atomic E-state index is 0.0712. The molecule has 18 heavy (non-hydrogen) atoms. The molecule has 2 aromatic carbocycles. The first-order chi connectivity index (χ1) is 8.79. The molecule has 0 heterocycles. The van der Waals surface area contributed by atoms with Gasteiger partial charge in [0, 0.05) is 10.4 Å². The maximum atomic E-state index is 5.91. The molecule has 0 saturated carbocycles. The van der Waals surface area contributed by atoms with Gasteiger partial charge in [-0.05, 0) is 23.3 Å². The number of halogens is 2. The van der Waals surface area contributed by atoms with Gasteiger partial charge in [0.05, 0.1) is 12.7 Å². The summed E-state index contributed by atoms with van der Waals surface area (Å²) in [5.74, 6) is 0.